The quantitative estimate of drug-likeness (QED) is 0.351. The molecule has 23 heavy (non-hydrogen) atoms. The van der Waals surface area contributed by atoms with Gasteiger partial charge in [-0.2, -0.15) is 0 Å². The largest absolute Gasteiger partial charge is 0.376 e. The second kappa shape index (κ2) is 10.2. The van der Waals surface area contributed by atoms with E-state index in [1.807, 2.05) is 32.0 Å². The lowest BCUT2D eigenvalue weighted by molar-refractivity contribution is -0.159. The van der Waals surface area contributed by atoms with Crippen LogP contribution in [0.25, 0.3) is 0 Å². The van der Waals surface area contributed by atoms with Crippen molar-refractivity contribution in [3.63, 3.8) is 0 Å². The van der Waals surface area contributed by atoms with Crippen LogP contribution >= 0.6 is 15.9 Å². The molecule has 2 unspecified atom stereocenters. The second-order valence-corrected chi connectivity index (χ2v) is 7.39. The van der Waals surface area contributed by atoms with Crippen molar-refractivity contribution in [3.05, 3.63) is 48.0 Å². The standard InChI is InChI=1S/C19H27BrO3/c1-3-22-19(15(2)20)23-18-11-7-10-17(12-18)14-21-13-16-8-5-4-6-9-16/h4-9,11,15,17-19H,3,10,12-14H2,1-2H3/t15?,17-,18+,19?/m1/s1. The molecule has 0 radical (unpaired) electrons. The number of hydrogen-bond donors (Lipinski definition) is 0. The van der Waals surface area contributed by atoms with Crippen molar-refractivity contribution in [1.82, 2.24) is 0 Å². The molecule has 0 heterocycles. The maximum atomic E-state index is 6.08. The molecule has 4 atom stereocenters. The minimum absolute atomic E-state index is 0.102. The van der Waals surface area contributed by atoms with Gasteiger partial charge in [-0.15, -0.1) is 0 Å². The predicted octanol–water partition coefficient (Wildman–Crippen LogP) is 4.70. The van der Waals surface area contributed by atoms with Crippen LogP contribution in [0.1, 0.15) is 32.3 Å². The summed E-state index contributed by atoms with van der Waals surface area (Å²) in [5, 5.41) is 0. The maximum absolute atomic E-state index is 6.08. The molecule has 4 heteroatoms. The molecule has 0 spiro atoms. The highest BCUT2D eigenvalue weighted by molar-refractivity contribution is 9.09. The van der Waals surface area contributed by atoms with Gasteiger partial charge in [0.1, 0.15) is 0 Å². The van der Waals surface area contributed by atoms with E-state index in [4.69, 9.17) is 14.2 Å². The van der Waals surface area contributed by atoms with Gasteiger partial charge in [0.05, 0.1) is 24.1 Å². The molecule has 1 aliphatic rings. The van der Waals surface area contributed by atoms with E-state index in [2.05, 4.69) is 40.2 Å². The Hall–Kier alpha value is -0.680. The van der Waals surface area contributed by atoms with Crippen LogP contribution in [0.4, 0.5) is 0 Å². The first-order chi connectivity index (χ1) is 11.2. The average molecular weight is 383 g/mol. The van der Waals surface area contributed by atoms with Crippen LogP contribution in [0, 0.1) is 5.92 Å². The van der Waals surface area contributed by atoms with Gasteiger partial charge >= 0.3 is 0 Å². The first-order valence-corrected chi connectivity index (χ1v) is 9.30. The van der Waals surface area contributed by atoms with Crippen molar-refractivity contribution in [2.24, 2.45) is 5.92 Å². The summed E-state index contributed by atoms with van der Waals surface area (Å²) in [5.41, 5.74) is 1.22. The van der Waals surface area contributed by atoms with E-state index in [0.29, 0.717) is 19.1 Å². The fraction of sp³-hybridized carbons (Fsp3) is 0.579. The highest BCUT2D eigenvalue weighted by atomic mass is 79.9. The Morgan fingerprint density at radius 3 is 2.74 bits per heavy atom. The lowest BCUT2D eigenvalue weighted by Crippen LogP contribution is -2.32. The first-order valence-electron chi connectivity index (χ1n) is 8.38. The number of benzene rings is 1. The Balaban J connectivity index is 1.74. The molecule has 1 aromatic rings. The molecule has 0 bridgehead atoms. The predicted molar refractivity (Wildman–Crippen MR) is 96.6 cm³/mol. The van der Waals surface area contributed by atoms with Gasteiger partial charge in [-0.3, -0.25) is 0 Å². The fourth-order valence-electron chi connectivity index (χ4n) is 2.70. The van der Waals surface area contributed by atoms with Gasteiger partial charge in [0.2, 0.25) is 0 Å². The third kappa shape index (κ3) is 6.76. The molecule has 1 aromatic carbocycles. The summed E-state index contributed by atoms with van der Waals surface area (Å²) < 4.78 is 17.6. The third-order valence-electron chi connectivity index (χ3n) is 3.87. The summed E-state index contributed by atoms with van der Waals surface area (Å²) >= 11 is 3.55. The Labute approximate surface area is 148 Å². The number of allylic oxidation sites excluding steroid dienone is 1. The number of rotatable bonds is 9. The van der Waals surface area contributed by atoms with Crippen LogP contribution in [-0.4, -0.2) is 30.4 Å². The number of halogens is 1. The molecule has 0 saturated carbocycles. The summed E-state index contributed by atoms with van der Waals surface area (Å²) in [6.07, 6.45) is 6.28. The minimum Gasteiger partial charge on any atom is -0.376 e. The van der Waals surface area contributed by atoms with Crippen LogP contribution in [0.5, 0.6) is 0 Å². The van der Waals surface area contributed by atoms with Gasteiger partial charge in [0.15, 0.2) is 6.29 Å². The molecular weight excluding hydrogens is 356 g/mol. The molecule has 0 aromatic heterocycles. The van der Waals surface area contributed by atoms with E-state index in [-0.39, 0.29) is 17.2 Å². The Bertz CT molecular complexity index is 461. The highest BCUT2D eigenvalue weighted by Gasteiger charge is 2.24. The Morgan fingerprint density at radius 2 is 2.04 bits per heavy atom. The van der Waals surface area contributed by atoms with E-state index < -0.39 is 0 Å². The van der Waals surface area contributed by atoms with Gasteiger partial charge < -0.3 is 14.2 Å². The highest BCUT2D eigenvalue weighted by Crippen LogP contribution is 2.24. The summed E-state index contributed by atoms with van der Waals surface area (Å²) in [6.45, 7) is 6.13. The van der Waals surface area contributed by atoms with Gasteiger partial charge in [-0.05, 0) is 38.2 Å². The topological polar surface area (TPSA) is 27.7 Å². The van der Waals surface area contributed by atoms with E-state index in [0.717, 1.165) is 19.4 Å². The molecule has 3 nitrogen and oxygen atoms in total. The zero-order valence-electron chi connectivity index (χ0n) is 14.0. The van der Waals surface area contributed by atoms with Gasteiger partial charge in [-0.1, -0.05) is 58.4 Å². The molecule has 0 amide bonds. The van der Waals surface area contributed by atoms with E-state index in [1.54, 1.807) is 0 Å². The normalized spacial score (nSPS) is 23.6. The lowest BCUT2D eigenvalue weighted by atomic mass is 9.93. The molecule has 0 fully saturated rings. The molecule has 0 saturated heterocycles. The minimum atomic E-state index is -0.210. The van der Waals surface area contributed by atoms with E-state index >= 15 is 0 Å². The molecule has 1 aliphatic carbocycles. The zero-order chi connectivity index (χ0) is 16.5. The summed E-state index contributed by atoms with van der Waals surface area (Å²) in [5.74, 6) is 0.502. The van der Waals surface area contributed by atoms with Gasteiger partial charge in [0, 0.05) is 6.61 Å². The van der Waals surface area contributed by atoms with Gasteiger partial charge in [0.25, 0.3) is 0 Å². The second-order valence-electron chi connectivity index (χ2n) is 5.94. The molecule has 2 rings (SSSR count). The number of hydrogen-bond acceptors (Lipinski definition) is 3. The van der Waals surface area contributed by atoms with Crippen molar-refractivity contribution in [3.8, 4) is 0 Å². The van der Waals surface area contributed by atoms with Crippen LogP contribution < -0.4 is 0 Å². The van der Waals surface area contributed by atoms with Gasteiger partial charge in [-0.25, -0.2) is 0 Å². The van der Waals surface area contributed by atoms with Crippen LogP contribution in [-0.2, 0) is 20.8 Å². The summed E-state index contributed by atoms with van der Waals surface area (Å²) in [6, 6.07) is 10.3. The van der Waals surface area contributed by atoms with E-state index in [9.17, 15) is 0 Å². The summed E-state index contributed by atoms with van der Waals surface area (Å²) in [4.78, 5) is 0.172. The van der Waals surface area contributed by atoms with E-state index in [1.165, 1.54) is 5.56 Å². The molecule has 0 N–H and O–H groups in total. The van der Waals surface area contributed by atoms with Crippen LogP contribution in [0.3, 0.4) is 0 Å². The van der Waals surface area contributed by atoms with Crippen molar-refractivity contribution >= 4 is 15.9 Å². The Morgan fingerprint density at radius 1 is 1.26 bits per heavy atom. The number of alkyl halides is 1. The van der Waals surface area contributed by atoms with Crippen molar-refractivity contribution in [1.29, 1.82) is 0 Å². The lowest BCUT2D eigenvalue weighted by Gasteiger charge is -2.29. The van der Waals surface area contributed by atoms with Crippen molar-refractivity contribution in [2.45, 2.75) is 50.5 Å². The molecular formula is C19H27BrO3. The molecule has 128 valence electrons. The molecule has 0 aliphatic heterocycles. The third-order valence-corrected chi connectivity index (χ3v) is 4.30. The number of ether oxygens (including phenoxy) is 3. The maximum Gasteiger partial charge on any atom is 0.170 e. The summed E-state index contributed by atoms with van der Waals surface area (Å²) in [7, 11) is 0. The van der Waals surface area contributed by atoms with Crippen LogP contribution in [0.15, 0.2) is 42.5 Å². The zero-order valence-corrected chi connectivity index (χ0v) is 15.6. The monoisotopic (exact) mass is 382 g/mol. The SMILES string of the molecule is CCOC(O[C@H]1C=CC[C@@H](COCc2ccccc2)C1)C(C)Br. The Kier molecular flexibility index (Phi) is 8.31. The average Bonchev–Trinajstić information content (AvgIpc) is 2.56. The smallest absolute Gasteiger partial charge is 0.170 e. The van der Waals surface area contributed by atoms with Crippen molar-refractivity contribution < 1.29 is 14.2 Å². The van der Waals surface area contributed by atoms with Crippen LogP contribution in [0.2, 0.25) is 0 Å². The fourth-order valence-corrected chi connectivity index (χ4v) is 2.97. The first kappa shape index (κ1) is 18.7. The van der Waals surface area contributed by atoms with Crippen molar-refractivity contribution in [2.75, 3.05) is 13.2 Å².